The molecule has 4 aromatic carbocycles. The first-order valence-corrected chi connectivity index (χ1v) is 13.3. The van der Waals surface area contributed by atoms with Crippen LogP contribution in [0.25, 0.3) is 0 Å². The van der Waals surface area contributed by atoms with E-state index in [0.717, 1.165) is 45.8 Å². The predicted molar refractivity (Wildman–Crippen MR) is 162 cm³/mol. The smallest absolute Gasteiger partial charge is 0.221 e. The molecule has 206 valence electrons. The largest absolute Gasteiger partial charge is 0.497 e. The van der Waals surface area contributed by atoms with Gasteiger partial charge >= 0.3 is 0 Å². The van der Waals surface area contributed by atoms with Crippen molar-refractivity contribution in [2.75, 3.05) is 27.9 Å². The summed E-state index contributed by atoms with van der Waals surface area (Å²) in [5.41, 5.74) is 7.92. The normalized spacial score (nSPS) is 11.8. The van der Waals surface area contributed by atoms with Gasteiger partial charge in [-0.15, -0.1) is 0 Å². The maximum absolute atomic E-state index is 5.91. The van der Waals surface area contributed by atoms with Gasteiger partial charge in [0.15, 0.2) is 0 Å². The van der Waals surface area contributed by atoms with Crippen molar-refractivity contribution in [1.29, 1.82) is 0 Å². The summed E-state index contributed by atoms with van der Waals surface area (Å²) in [4.78, 5) is 9.52. The Morgan fingerprint density at radius 2 is 1.27 bits per heavy atom. The molecule has 0 amide bonds. The molecule has 0 radical (unpaired) electrons. The van der Waals surface area contributed by atoms with Gasteiger partial charge in [0.25, 0.3) is 0 Å². The number of hydrogen-bond donors (Lipinski definition) is 0. The monoisotopic (exact) mass is 536 g/mol. The van der Waals surface area contributed by atoms with Crippen molar-refractivity contribution in [3.05, 3.63) is 118 Å². The molecule has 0 aromatic heterocycles. The highest BCUT2D eigenvalue weighted by molar-refractivity contribution is 5.97. The van der Waals surface area contributed by atoms with Crippen LogP contribution in [0.15, 0.2) is 94.9 Å². The number of aryl methyl sites for hydroxylation is 2. The van der Waals surface area contributed by atoms with Gasteiger partial charge in [0.05, 0.1) is 33.6 Å². The molecular weight excluding hydrogens is 500 g/mol. The third-order valence-corrected chi connectivity index (χ3v) is 6.48. The molecule has 6 heteroatoms. The SMILES string of the molecule is CCOC(=Nc1cc(OC)ccc1C)c1ccc(Cc2ccc(C(=Nc3cc(C)ccc3OC)OC)cc2)cc1. The average molecular weight is 537 g/mol. The lowest BCUT2D eigenvalue weighted by atomic mass is 10.0. The number of nitrogens with zero attached hydrogens (tertiary/aromatic N) is 2. The Morgan fingerprint density at radius 1 is 0.650 bits per heavy atom. The third-order valence-electron chi connectivity index (χ3n) is 6.48. The van der Waals surface area contributed by atoms with Gasteiger partial charge in [-0.25, -0.2) is 9.98 Å². The number of ether oxygens (including phenoxy) is 4. The van der Waals surface area contributed by atoms with Crippen LogP contribution in [0.3, 0.4) is 0 Å². The van der Waals surface area contributed by atoms with Crippen molar-refractivity contribution in [3.63, 3.8) is 0 Å². The first-order chi connectivity index (χ1) is 19.4. The maximum atomic E-state index is 5.91. The van der Waals surface area contributed by atoms with E-state index in [0.29, 0.717) is 24.2 Å². The lowest BCUT2D eigenvalue weighted by Gasteiger charge is -2.11. The van der Waals surface area contributed by atoms with Gasteiger partial charge in [0.1, 0.15) is 17.2 Å². The van der Waals surface area contributed by atoms with Crippen LogP contribution in [0, 0.1) is 13.8 Å². The fourth-order valence-electron chi connectivity index (χ4n) is 4.25. The molecule has 0 saturated heterocycles. The first-order valence-electron chi connectivity index (χ1n) is 13.3. The Morgan fingerprint density at radius 3 is 1.85 bits per heavy atom. The van der Waals surface area contributed by atoms with Crippen LogP contribution in [0.5, 0.6) is 11.5 Å². The van der Waals surface area contributed by atoms with E-state index in [1.807, 2.05) is 69.3 Å². The second-order valence-corrected chi connectivity index (χ2v) is 9.37. The van der Waals surface area contributed by atoms with E-state index in [1.54, 1.807) is 21.3 Å². The summed E-state index contributed by atoms with van der Waals surface area (Å²) < 4.78 is 22.4. The molecule has 4 rings (SSSR count). The lowest BCUT2D eigenvalue weighted by molar-refractivity contribution is 0.329. The van der Waals surface area contributed by atoms with E-state index in [9.17, 15) is 0 Å². The van der Waals surface area contributed by atoms with E-state index in [1.165, 1.54) is 11.1 Å². The van der Waals surface area contributed by atoms with E-state index in [-0.39, 0.29) is 0 Å². The molecule has 0 N–H and O–H groups in total. The number of benzene rings is 4. The highest BCUT2D eigenvalue weighted by Gasteiger charge is 2.10. The Kier molecular flexibility index (Phi) is 9.57. The topological polar surface area (TPSA) is 61.6 Å². The van der Waals surface area contributed by atoms with Crippen molar-refractivity contribution in [3.8, 4) is 11.5 Å². The second kappa shape index (κ2) is 13.5. The third kappa shape index (κ3) is 7.08. The number of aliphatic imine (C=N–C) groups is 2. The molecule has 6 nitrogen and oxygen atoms in total. The van der Waals surface area contributed by atoms with Gasteiger partial charge in [0, 0.05) is 17.2 Å². The molecule has 0 spiro atoms. The summed E-state index contributed by atoms with van der Waals surface area (Å²) in [6.45, 7) is 6.54. The van der Waals surface area contributed by atoms with E-state index < -0.39 is 0 Å². The minimum Gasteiger partial charge on any atom is -0.497 e. The molecule has 4 aromatic rings. The van der Waals surface area contributed by atoms with Crippen LogP contribution in [-0.4, -0.2) is 39.7 Å². The van der Waals surface area contributed by atoms with Crippen LogP contribution in [0.4, 0.5) is 11.4 Å². The van der Waals surface area contributed by atoms with Crippen LogP contribution < -0.4 is 9.47 Å². The van der Waals surface area contributed by atoms with Crippen molar-refractivity contribution >= 4 is 23.2 Å². The average Bonchev–Trinajstić information content (AvgIpc) is 2.97. The van der Waals surface area contributed by atoms with Crippen LogP contribution in [0.2, 0.25) is 0 Å². The number of rotatable bonds is 9. The first kappa shape index (κ1) is 28.4. The zero-order valence-corrected chi connectivity index (χ0v) is 24.0. The molecule has 0 fully saturated rings. The van der Waals surface area contributed by atoms with Crippen LogP contribution in [-0.2, 0) is 15.9 Å². The van der Waals surface area contributed by atoms with Gasteiger partial charge < -0.3 is 18.9 Å². The van der Waals surface area contributed by atoms with Gasteiger partial charge in [-0.2, -0.15) is 0 Å². The molecule has 0 aliphatic carbocycles. The molecule has 0 saturated carbocycles. The molecule has 0 aliphatic heterocycles. The Hall–Kier alpha value is -4.58. The molecule has 0 bridgehead atoms. The highest BCUT2D eigenvalue weighted by Crippen LogP contribution is 2.29. The fraction of sp³-hybridized carbons (Fsp3) is 0.235. The fourth-order valence-corrected chi connectivity index (χ4v) is 4.25. The zero-order chi connectivity index (χ0) is 28.5. The summed E-state index contributed by atoms with van der Waals surface area (Å²) in [7, 11) is 4.93. The van der Waals surface area contributed by atoms with Crippen LogP contribution in [0.1, 0.15) is 40.3 Å². The molecule has 40 heavy (non-hydrogen) atoms. The Labute approximate surface area is 236 Å². The number of methoxy groups -OCH3 is 3. The van der Waals surface area contributed by atoms with Gasteiger partial charge in [-0.05, 0) is 91.9 Å². The zero-order valence-electron chi connectivity index (χ0n) is 24.0. The van der Waals surface area contributed by atoms with Gasteiger partial charge in [-0.1, -0.05) is 36.4 Å². The summed E-state index contributed by atoms with van der Waals surface area (Å²) in [6, 6.07) is 28.3. The molecular formula is C34H36N2O4. The summed E-state index contributed by atoms with van der Waals surface area (Å²) in [5.74, 6) is 2.59. The Bertz CT molecular complexity index is 1490. The van der Waals surface area contributed by atoms with Gasteiger partial charge in [0.2, 0.25) is 11.8 Å². The highest BCUT2D eigenvalue weighted by atomic mass is 16.5. The lowest BCUT2D eigenvalue weighted by Crippen LogP contribution is -2.07. The maximum Gasteiger partial charge on any atom is 0.221 e. The van der Waals surface area contributed by atoms with Crippen molar-refractivity contribution in [1.82, 2.24) is 0 Å². The number of hydrogen-bond acceptors (Lipinski definition) is 6. The van der Waals surface area contributed by atoms with E-state index >= 15 is 0 Å². The standard InChI is InChI=1S/C34H36N2O4/c1-7-40-34(35-30-22-29(37-4)18-9-24(30)3)28-16-12-26(13-17-28)21-25-10-14-27(15-11-25)33(39-6)36-31-20-23(2)8-19-32(31)38-5/h8-20,22H,7,21H2,1-6H3. The summed E-state index contributed by atoms with van der Waals surface area (Å²) in [5, 5.41) is 0. The molecule has 0 atom stereocenters. The van der Waals surface area contributed by atoms with E-state index in [4.69, 9.17) is 28.9 Å². The van der Waals surface area contributed by atoms with E-state index in [2.05, 4.69) is 36.4 Å². The molecule has 0 aliphatic rings. The van der Waals surface area contributed by atoms with Crippen molar-refractivity contribution in [2.24, 2.45) is 9.98 Å². The summed E-state index contributed by atoms with van der Waals surface area (Å²) in [6.07, 6.45) is 0.793. The van der Waals surface area contributed by atoms with Crippen LogP contribution >= 0.6 is 0 Å². The predicted octanol–water partition coefficient (Wildman–Crippen LogP) is 7.75. The molecule has 0 heterocycles. The van der Waals surface area contributed by atoms with Gasteiger partial charge in [-0.3, -0.25) is 0 Å². The summed E-state index contributed by atoms with van der Waals surface area (Å²) >= 11 is 0. The minimum atomic E-state index is 0.527. The Balaban J connectivity index is 1.51. The molecule has 0 unspecified atom stereocenters. The quantitative estimate of drug-likeness (QED) is 0.162. The minimum absolute atomic E-state index is 0.527. The van der Waals surface area contributed by atoms with Crippen molar-refractivity contribution in [2.45, 2.75) is 27.2 Å². The van der Waals surface area contributed by atoms with Crippen molar-refractivity contribution < 1.29 is 18.9 Å². The second-order valence-electron chi connectivity index (χ2n) is 9.37.